The van der Waals surface area contributed by atoms with E-state index in [2.05, 4.69) is 37.4 Å². The van der Waals surface area contributed by atoms with Crippen LogP contribution in [-0.4, -0.2) is 16.3 Å². The van der Waals surface area contributed by atoms with Crippen LogP contribution < -0.4 is 5.32 Å². The van der Waals surface area contributed by atoms with Crippen LogP contribution in [0, 0.1) is 5.92 Å². The van der Waals surface area contributed by atoms with E-state index in [0.717, 1.165) is 12.5 Å². The van der Waals surface area contributed by atoms with Crippen molar-refractivity contribution in [2.45, 2.75) is 52.5 Å². The summed E-state index contributed by atoms with van der Waals surface area (Å²) in [5.74, 6) is 0.731. The third-order valence-electron chi connectivity index (χ3n) is 3.30. The zero-order chi connectivity index (χ0) is 12.7. The van der Waals surface area contributed by atoms with Crippen LogP contribution in [0.5, 0.6) is 0 Å². The van der Waals surface area contributed by atoms with E-state index in [9.17, 15) is 0 Å². The number of nitrogens with one attached hydrogen (secondary N) is 1. The summed E-state index contributed by atoms with van der Waals surface area (Å²) in [6.45, 7) is 7.74. The lowest BCUT2D eigenvalue weighted by Crippen LogP contribution is -2.28. The van der Waals surface area contributed by atoms with E-state index in [1.165, 1.54) is 31.2 Å². The number of rotatable bonds is 8. The normalized spacial score (nSPS) is 13.2. The number of hydrogen-bond acceptors (Lipinski definition) is 2. The predicted molar refractivity (Wildman–Crippen MR) is 72.9 cm³/mol. The van der Waals surface area contributed by atoms with Gasteiger partial charge in [-0.05, 0) is 25.3 Å². The molecule has 0 amide bonds. The Labute approximate surface area is 106 Å². The first-order chi connectivity index (χ1) is 8.22. The third-order valence-corrected chi connectivity index (χ3v) is 3.30. The molecule has 1 heterocycles. The summed E-state index contributed by atoms with van der Waals surface area (Å²) in [4.78, 5) is 0. The first kappa shape index (κ1) is 14.2. The van der Waals surface area contributed by atoms with Gasteiger partial charge >= 0.3 is 0 Å². The summed E-state index contributed by atoms with van der Waals surface area (Å²) in [6, 6.07) is 0.466. The smallest absolute Gasteiger partial charge is 0.0537 e. The Balaban J connectivity index is 2.80. The van der Waals surface area contributed by atoms with Crippen molar-refractivity contribution >= 4 is 0 Å². The van der Waals surface area contributed by atoms with Crippen molar-refractivity contribution in [2.75, 3.05) is 6.54 Å². The van der Waals surface area contributed by atoms with E-state index < -0.39 is 0 Å². The Bertz CT molecular complexity index is 300. The molecule has 0 aliphatic carbocycles. The van der Waals surface area contributed by atoms with E-state index in [-0.39, 0.29) is 0 Å². The van der Waals surface area contributed by atoms with E-state index in [1.54, 1.807) is 0 Å². The highest BCUT2D eigenvalue weighted by molar-refractivity contribution is 5.11. The molecule has 98 valence electrons. The Morgan fingerprint density at radius 3 is 2.29 bits per heavy atom. The first-order valence-corrected chi connectivity index (χ1v) is 6.94. The molecular formula is C14H27N3. The maximum atomic E-state index is 4.30. The van der Waals surface area contributed by atoms with Gasteiger partial charge in [0.15, 0.2) is 0 Å². The Hall–Kier alpha value is -0.830. The van der Waals surface area contributed by atoms with Gasteiger partial charge in [-0.2, -0.15) is 5.10 Å². The Morgan fingerprint density at radius 2 is 1.88 bits per heavy atom. The van der Waals surface area contributed by atoms with Gasteiger partial charge in [0.25, 0.3) is 0 Å². The zero-order valence-electron chi connectivity index (χ0n) is 11.7. The standard InChI is InChI=1S/C14H27N3/c1-5-8-12(9-6-2)14(15-7-3)13-10-16-17(4)11-13/h10-12,14-15H,5-9H2,1-4H3. The Morgan fingerprint density at radius 1 is 1.24 bits per heavy atom. The fraction of sp³-hybridized carbons (Fsp3) is 0.786. The lowest BCUT2D eigenvalue weighted by Gasteiger charge is -2.26. The van der Waals surface area contributed by atoms with Gasteiger partial charge < -0.3 is 5.32 Å². The van der Waals surface area contributed by atoms with E-state index in [1.807, 2.05) is 17.9 Å². The topological polar surface area (TPSA) is 29.9 Å². The highest BCUT2D eigenvalue weighted by Crippen LogP contribution is 2.29. The van der Waals surface area contributed by atoms with Crippen molar-refractivity contribution in [1.29, 1.82) is 0 Å². The molecule has 0 saturated carbocycles. The molecule has 0 aliphatic rings. The molecule has 0 radical (unpaired) electrons. The van der Waals surface area contributed by atoms with Crippen molar-refractivity contribution in [3.05, 3.63) is 18.0 Å². The second-order valence-corrected chi connectivity index (χ2v) is 4.82. The van der Waals surface area contributed by atoms with Crippen LogP contribution in [-0.2, 0) is 7.05 Å². The molecule has 3 heteroatoms. The number of aryl methyl sites for hydroxylation is 1. The SMILES string of the molecule is CCCC(CCC)C(NCC)c1cnn(C)c1. The van der Waals surface area contributed by atoms with Crippen molar-refractivity contribution in [3.63, 3.8) is 0 Å². The lowest BCUT2D eigenvalue weighted by molar-refractivity contribution is 0.320. The molecule has 1 aromatic rings. The molecule has 17 heavy (non-hydrogen) atoms. The van der Waals surface area contributed by atoms with Crippen LogP contribution in [0.2, 0.25) is 0 Å². The third kappa shape index (κ3) is 4.15. The van der Waals surface area contributed by atoms with Crippen LogP contribution >= 0.6 is 0 Å². The fourth-order valence-electron chi connectivity index (χ4n) is 2.60. The number of aromatic nitrogens is 2. The van der Waals surface area contributed by atoms with Gasteiger partial charge in [0.2, 0.25) is 0 Å². The highest BCUT2D eigenvalue weighted by Gasteiger charge is 2.22. The summed E-state index contributed by atoms with van der Waals surface area (Å²) in [5.41, 5.74) is 1.33. The molecule has 0 bridgehead atoms. The molecule has 0 fully saturated rings. The number of nitrogens with zero attached hydrogens (tertiary/aromatic N) is 2. The molecule has 0 spiro atoms. The second kappa shape index (κ2) is 7.49. The molecule has 0 aromatic carbocycles. The molecule has 1 atom stereocenters. The van der Waals surface area contributed by atoms with Crippen LogP contribution in [0.25, 0.3) is 0 Å². The second-order valence-electron chi connectivity index (χ2n) is 4.82. The molecule has 0 aliphatic heterocycles. The minimum atomic E-state index is 0.466. The summed E-state index contributed by atoms with van der Waals surface area (Å²) < 4.78 is 1.90. The fourth-order valence-corrected chi connectivity index (χ4v) is 2.60. The van der Waals surface area contributed by atoms with Crippen molar-refractivity contribution in [2.24, 2.45) is 13.0 Å². The summed E-state index contributed by atoms with van der Waals surface area (Å²) in [6.07, 6.45) is 9.25. The summed E-state index contributed by atoms with van der Waals surface area (Å²) in [7, 11) is 1.99. The average molecular weight is 237 g/mol. The van der Waals surface area contributed by atoms with Gasteiger partial charge in [-0.3, -0.25) is 4.68 Å². The maximum absolute atomic E-state index is 4.30. The molecule has 1 unspecified atom stereocenters. The average Bonchev–Trinajstić information content (AvgIpc) is 2.72. The predicted octanol–water partition coefficient (Wildman–Crippen LogP) is 3.29. The molecule has 1 aromatic heterocycles. The highest BCUT2D eigenvalue weighted by atomic mass is 15.2. The summed E-state index contributed by atoms with van der Waals surface area (Å²) in [5, 5.41) is 7.93. The molecule has 0 saturated heterocycles. The van der Waals surface area contributed by atoms with Gasteiger partial charge in [0.1, 0.15) is 0 Å². The van der Waals surface area contributed by atoms with Gasteiger partial charge in [0, 0.05) is 24.8 Å². The maximum Gasteiger partial charge on any atom is 0.0537 e. The molecule has 1 N–H and O–H groups in total. The first-order valence-electron chi connectivity index (χ1n) is 6.94. The van der Waals surface area contributed by atoms with E-state index in [4.69, 9.17) is 0 Å². The monoisotopic (exact) mass is 237 g/mol. The van der Waals surface area contributed by atoms with Crippen molar-refractivity contribution in [1.82, 2.24) is 15.1 Å². The minimum absolute atomic E-state index is 0.466. The minimum Gasteiger partial charge on any atom is -0.310 e. The Kier molecular flexibility index (Phi) is 6.27. The van der Waals surface area contributed by atoms with Gasteiger partial charge in [-0.15, -0.1) is 0 Å². The van der Waals surface area contributed by atoms with Crippen LogP contribution in [0.1, 0.15) is 58.1 Å². The molecule has 3 nitrogen and oxygen atoms in total. The van der Waals surface area contributed by atoms with Crippen LogP contribution in [0.3, 0.4) is 0 Å². The largest absolute Gasteiger partial charge is 0.310 e. The lowest BCUT2D eigenvalue weighted by atomic mass is 9.87. The quantitative estimate of drug-likeness (QED) is 0.752. The van der Waals surface area contributed by atoms with Gasteiger partial charge in [-0.25, -0.2) is 0 Å². The van der Waals surface area contributed by atoms with Crippen molar-refractivity contribution in [3.8, 4) is 0 Å². The zero-order valence-corrected chi connectivity index (χ0v) is 11.7. The van der Waals surface area contributed by atoms with E-state index in [0.29, 0.717) is 6.04 Å². The van der Waals surface area contributed by atoms with Crippen LogP contribution in [0.4, 0.5) is 0 Å². The van der Waals surface area contributed by atoms with Crippen LogP contribution in [0.15, 0.2) is 12.4 Å². The molecule has 1 rings (SSSR count). The number of hydrogen-bond donors (Lipinski definition) is 1. The van der Waals surface area contributed by atoms with E-state index >= 15 is 0 Å². The van der Waals surface area contributed by atoms with Gasteiger partial charge in [0.05, 0.1) is 6.20 Å². The molecular weight excluding hydrogens is 210 g/mol. The summed E-state index contributed by atoms with van der Waals surface area (Å²) >= 11 is 0. The van der Waals surface area contributed by atoms with Crippen molar-refractivity contribution < 1.29 is 0 Å². The van der Waals surface area contributed by atoms with Gasteiger partial charge in [-0.1, -0.05) is 33.6 Å².